The summed E-state index contributed by atoms with van der Waals surface area (Å²) in [7, 11) is 0. The number of aromatic nitrogens is 4. The number of carboxylic acid groups (broad SMARTS) is 1. The van der Waals surface area contributed by atoms with Gasteiger partial charge in [-0.25, -0.2) is 19.4 Å². The van der Waals surface area contributed by atoms with E-state index in [0.29, 0.717) is 11.0 Å². The highest BCUT2D eigenvalue weighted by Crippen LogP contribution is 2.23. The monoisotopic (exact) mass is 221 g/mol. The second-order valence-corrected chi connectivity index (χ2v) is 3.65. The van der Waals surface area contributed by atoms with Crippen molar-refractivity contribution in [3.8, 4) is 0 Å². The Morgan fingerprint density at radius 2 is 2.19 bits per heavy atom. The average Bonchev–Trinajstić information content (AvgIpc) is 2.58. The van der Waals surface area contributed by atoms with E-state index in [0.717, 1.165) is 0 Å². The summed E-state index contributed by atoms with van der Waals surface area (Å²) in [4.78, 5) is 18.8. The van der Waals surface area contributed by atoms with E-state index in [1.807, 2.05) is 13.8 Å². The number of aromatic carboxylic acids is 1. The van der Waals surface area contributed by atoms with E-state index in [-0.39, 0.29) is 17.6 Å². The van der Waals surface area contributed by atoms with Gasteiger partial charge >= 0.3 is 5.97 Å². The first-order valence-corrected chi connectivity index (χ1v) is 4.74. The van der Waals surface area contributed by atoms with Gasteiger partial charge in [-0.2, -0.15) is 5.10 Å². The van der Waals surface area contributed by atoms with Crippen LogP contribution in [0.3, 0.4) is 0 Å². The molecule has 0 unspecified atom stereocenters. The van der Waals surface area contributed by atoms with Gasteiger partial charge in [0.25, 0.3) is 0 Å². The lowest BCUT2D eigenvalue weighted by atomic mass is 10.3. The lowest BCUT2D eigenvalue weighted by molar-refractivity contribution is 0.0691. The maximum absolute atomic E-state index is 11.0. The molecule has 84 valence electrons. The third kappa shape index (κ3) is 1.37. The van der Waals surface area contributed by atoms with Gasteiger partial charge in [-0.05, 0) is 13.8 Å². The normalized spacial score (nSPS) is 11.2. The van der Waals surface area contributed by atoms with Gasteiger partial charge in [-0.3, -0.25) is 0 Å². The van der Waals surface area contributed by atoms with Crippen molar-refractivity contribution in [2.24, 2.45) is 0 Å². The van der Waals surface area contributed by atoms with E-state index in [9.17, 15) is 4.79 Å². The molecule has 16 heavy (non-hydrogen) atoms. The molecule has 0 radical (unpaired) electrons. The Balaban J connectivity index is 2.87. The molecule has 0 saturated carbocycles. The number of nitrogens with zero attached hydrogens (tertiary/aromatic N) is 4. The van der Waals surface area contributed by atoms with Crippen LogP contribution in [-0.4, -0.2) is 30.8 Å². The third-order valence-corrected chi connectivity index (χ3v) is 2.21. The standard InChI is InChI=1S/C9H11N5O2/c1-4(2)14-8-5(6(13-14)9(15)16)7(10)11-3-12-8/h3-4H,1-2H3,(H,15,16)(H2,10,11,12). The Bertz CT molecular complexity index is 560. The lowest BCUT2D eigenvalue weighted by Gasteiger charge is -2.05. The van der Waals surface area contributed by atoms with Crippen LogP contribution >= 0.6 is 0 Å². The van der Waals surface area contributed by atoms with Crippen LogP contribution in [-0.2, 0) is 0 Å². The first kappa shape index (κ1) is 10.3. The summed E-state index contributed by atoms with van der Waals surface area (Å²) in [5.74, 6) is -1.000. The number of anilines is 1. The minimum Gasteiger partial charge on any atom is -0.476 e. The summed E-state index contributed by atoms with van der Waals surface area (Å²) >= 11 is 0. The minimum absolute atomic E-state index is 0.00454. The number of hydrogen-bond donors (Lipinski definition) is 2. The minimum atomic E-state index is -1.13. The van der Waals surface area contributed by atoms with Crippen LogP contribution in [0.5, 0.6) is 0 Å². The number of fused-ring (bicyclic) bond motifs is 1. The first-order valence-electron chi connectivity index (χ1n) is 4.74. The molecule has 7 heteroatoms. The molecule has 2 aromatic rings. The van der Waals surface area contributed by atoms with E-state index in [4.69, 9.17) is 10.8 Å². The molecular formula is C9H11N5O2. The molecule has 0 aliphatic rings. The predicted molar refractivity (Wildman–Crippen MR) is 57.1 cm³/mol. The smallest absolute Gasteiger partial charge is 0.357 e. The molecule has 0 amide bonds. The Labute approximate surface area is 90.9 Å². The predicted octanol–water partition coefficient (Wildman–Crippen LogP) is 0.688. The van der Waals surface area contributed by atoms with Crippen molar-refractivity contribution >= 4 is 22.8 Å². The van der Waals surface area contributed by atoms with Crippen LogP contribution in [0, 0.1) is 0 Å². The molecule has 0 aliphatic heterocycles. The molecule has 0 fully saturated rings. The van der Waals surface area contributed by atoms with Gasteiger partial charge in [0.1, 0.15) is 12.1 Å². The van der Waals surface area contributed by atoms with Gasteiger partial charge in [0.2, 0.25) is 0 Å². The van der Waals surface area contributed by atoms with Crippen molar-refractivity contribution in [3.63, 3.8) is 0 Å². The number of rotatable bonds is 2. The van der Waals surface area contributed by atoms with Crippen LogP contribution in [0.15, 0.2) is 6.33 Å². The Hall–Kier alpha value is -2.18. The van der Waals surface area contributed by atoms with Crippen molar-refractivity contribution in [1.82, 2.24) is 19.7 Å². The maximum Gasteiger partial charge on any atom is 0.357 e. The third-order valence-electron chi connectivity index (χ3n) is 2.21. The highest BCUT2D eigenvalue weighted by atomic mass is 16.4. The quantitative estimate of drug-likeness (QED) is 0.772. The average molecular weight is 221 g/mol. The highest BCUT2D eigenvalue weighted by Gasteiger charge is 2.21. The molecule has 0 saturated heterocycles. The molecule has 0 aliphatic carbocycles. The van der Waals surface area contributed by atoms with Crippen LogP contribution < -0.4 is 5.73 Å². The molecule has 2 aromatic heterocycles. The Morgan fingerprint density at radius 3 is 2.75 bits per heavy atom. The zero-order chi connectivity index (χ0) is 11.9. The van der Waals surface area contributed by atoms with Crippen molar-refractivity contribution in [3.05, 3.63) is 12.0 Å². The van der Waals surface area contributed by atoms with Crippen molar-refractivity contribution in [1.29, 1.82) is 0 Å². The van der Waals surface area contributed by atoms with Gasteiger partial charge in [-0.15, -0.1) is 0 Å². The summed E-state index contributed by atoms with van der Waals surface area (Å²) in [6.07, 6.45) is 1.30. The number of hydrogen-bond acceptors (Lipinski definition) is 5. The van der Waals surface area contributed by atoms with Gasteiger partial charge in [0.15, 0.2) is 11.3 Å². The molecule has 0 atom stereocenters. The van der Waals surface area contributed by atoms with Gasteiger partial charge in [-0.1, -0.05) is 0 Å². The summed E-state index contributed by atoms with van der Waals surface area (Å²) in [6.45, 7) is 3.77. The fourth-order valence-electron chi connectivity index (χ4n) is 1.51. The largest absolute Gasteiger partial charge is 0.476 e. The number of nitrogen functional groups attached to an aromatic ring is 1. The van der Waals surface area contributed by atoms with E-state index < -0.39 is 5.97 Å². The molecular weight excluding hydrogens is 210 g/mol. The van der Waals surface area contributed by atoms with Crippen molar-refractivity contribution in [2.75, 3.05) is 5.73 Å². The number of carbonyl (C=O) groups is 1. The zero-order valence-electron chi connectivity index (χ0n) is 8.88. The van der Waals surface area contributed by atoms with Crippen LogP contribution in [0.25, 0.3) is 11.0 Å². The summed E-state index contributed by atoms with van der Waals surface area (Å²) < 4.78 is 1.52. The SMILES string of the molecule is CC(C)n1nc(C(=O)O)c2c(N)ncnc21. The molecule has 2 heterocycles. The fourth-order valence-corrected chi connectivity index (χ4v) is 1.51. The summed E-state index contributed by atoms with van der Waals surface area (Å²) in [5.41, 5.74) is 5.98. The zero-order valence-corrected chi connectivity index (χ0v) is 8.88. The molecule has 0 spiro atoms. The van der Waals surface area contributed by atoms with Gasteiger partial charge < -0.3 is 10.8 Å². The van der Waals surface area contributed by atoms with Crippen LogP contribution in [0.4, 0.5) is 5.82 Å². The lowest BCUT2D eigenvalue weighted by Crippen LogP contribution is -2.05. The van der Waals surface area contributed by atoms with Crippen molar-refractivity contribution in [2.45, 2.75) is 19.9 Å². The summed E-state index contributed by atoms with van der Waals surface area (Å²) in [6, 6.07) is 0.00454. The molecule has 7 nitrogen and oxygen atoms in total. The first-order chi connectivity index (χ1) is 7.52. The van der Waals surface area contributed by atoms with Gasteiger partial charge in [0, 0.05) is 6.04 Å². The number of carboxylic acids is 1. The van der Waals surface area contributed by atoms with Crippen molar-refractivity contribution < 1.29 is 9.90 Å². The van der Waals surface area contributed by atoms with Crippen LogP contribution in [0.1, 0.15) is 30.4 Å². The van der Waals surface area contributed by atoms with E-state index >= 15 is 0 Å². The molecule has 0 aromatic carbocycles. The van der Waals surface area contributed by atoms with Crippen LogP contribution in [0.2, 0.25) is 0 Å². The second kappa shape index (κ2) is 3.44. The second-order valence-electron chi connectivity index (χ2n) is 3.65. The summed E-state index contributed by atoms with van der Waals surface area (Å²) in [5, 5.41) is 13.3. The fraction of sp³-hybridized carbons (Fsp3) is 0.333. The van der Waals surface area contributed by atoms with E-state index in [1.165, 1.54) is 11.0 Å². The molecule has 2 rings (SSSR count). The molecule has 3 N–H and O–H groups in total. The highest BCUT2D eigenvalue weighted by molar-refractivity contribution is 6.04. The van der Waals surface area contributed by atoms with Gasteiger partial charge in [0.05, 0.1) is 5.39 Å². The Kier molecular flexibility index (Phi) is 2.22. The van der Waals surface area contributed by atoms with E-state index in [1.54, 1.807) is 0 Å². The molecule has 0 bridgehead atoms. The maximum atomic E-state index is 11.0. The Morgan fingerprint density at radius 1 is 1.50 bits per heavy atom. The topological polar surface area (TPSA) is 107 Å². The van der Waals surface area contributed by atoms with E-state index in [2.05, 4.69) is 15.1 Å². The number of nitrogens with two attached hydrogens (primary N) is 1.